The van der Waals surface area contributed by atoms with Gasteiger partial charge in [0.15, 0.2) is 6.10 Å². The van der Waals surface area contributed by atoms with Crippen LogP contribution in [0.4, 0.5) is 0 Å². The van der Waals surface area contributed by atoms with Gasteiger partial charge < -0.3 is 14.2 Å². The summed E-state index contributed by atoms with van der Waals surface area (Å²) in [4.78, 5) is 38.1. The van der Waals surface area contributed by atoms with Gasteiger partial charge in [-0.25, -0.2) is 0 Å². The minimum atomic E-state index is -0.769. The molecule has 0 amide bonds. The monoisotopic (exact) mass is 1160 g/mol. The second-order valence-electron chi connectivity index (χ2n) is 24.5. The standard InChI is InChI=1S/C77H138O6/c1-4-7-10-13-15-17-19-21-23-25-27-29-31-33-35-37-38-40-41-43-45-47-49-51-53-55-57-59-61-64-67-70-76(79)82-73-74(72-81-75(78)69-66-63-12-9-6-3)83-77(80)71-68-65-62-60-58-56-54-52-50-48-46-44-42-39-36-34-32-30-28-26-24-22-20-18-16-14-11-8-5-2/h7,10,15,17,20-23,26-29,74H,4-6,8-9,11-14,16,18-19,24-25,30-73H2,1-3H3/b10-7-,17-15-,22-20-,23-21-,28-26-,29-27-. The number of carbonyl (C=O) groups is 3. The first-order valence-corrected chi connectivity index (χ1v) is 36.4. The van der Waals surface area contributed by atoms with Gasteiger partial charge in [-0.1, -0.05) is 344 Å². The first-order chi connectivity index (χ1) is 41.0. The van der Waals surface area contributed by atoms with Gasteiger partial charge in [0.1, 0.15) is 13.2 Å². The number of hydrogen-bond donors (Lipinski definition) is 0. The highest BCUT2D eigenvalue weighted by molar-refractivity contribution is 5.71. The molecule has 482 valence electrons. The Morgan fingerprint density at radius 3 is 0.735 bits per heavy atom. The van der Waals surface area contributed by atoms with Crippen molar-refractivity contribution in [3.63, 3.8) is 0 Å². The molecular formula is C77H138O6. The lowest BCUT2D eigenvalue weighted by atomic mass is 10.0. The van der Waals surface area contributed by atoms with Crippen molar-refractivity contribution in [1.29, 1.82) is 0 Å². The number of ether oxygens (including phenoxy) is 3. The van der Waals surface area contributed by atoms with Gasteiger partial charge in [0.05, 0.1) is 0 Å². The SMILES string of the molecule is CC/C=C\C/C=C\C/C=C\C/C=C\CCCCCCCCCCCCCCCCCCCCC(=O)OCC(COC(=O)CCCCCCC)OC(=O)CCCCCCCCCCCCCCCCCCC/C=C\C/C=C\CCCCCCC. The molecule has 0 heterocycles. The van der Waals surface area contributed by atoms with Gasteiger partial charge >= 0.3 is 17.9 Å². The maximum atomic E-state index is 12.9. The van der Waals surface area contributed by atoms with E-state index in [9.17, 15) is 14.4 Å². The van der Waals surface area contributed by atoms with Gasteiger partial charge in [-0.3, -0.25) is 14.4 Å². The molecule has 0 saturated carbocycles. The molecule has 0 spiro atoms. The minimum Gasteiger partial charge on any atom is -0.462 e. The molecular weight excluding hydrogens is 1020 g/mol. The van der Waals surface area contributed by atoms with Gasteiger partial charge in [0, 0.05) is 19.3 Å². The predicted octanol–water partition coefficient (Wildman–Crippen LogP) is 25.2. The van der Waals surface area contributed by atoms with Gasteiger partial charge in [0.25, 0.3) is 0 Å². The van der Waals surface area contributed by atoms with E-state index in [0.29, 0.717) is 19.3 Å². The third-order valence-corrected chi connectivity index (χ3v) is 16.2. The summed E-state index contributed by atoms with van der Waals surface area (Å²) in [5.41, 5.74) is 0. The van der Waals surface area contributed by atoms with Crippen molar-refractivity contribution in [2.24, 2.45) is 0 Å². The van der Waals surface area contributed by atoms with E-state index in [-0.39, 0.29) is 31.1 Å². The predicted molar refractivity (Wildman–Crippen MR) is 362 cm³/mol. The van der Waals surface area contributed by atoms with Crippen molar-refractivity contribution in [1.82, 2.24) is 0 Å². The summed E-state index contributed by atoms with van der Waals surface area (Å²) >= 11 is 0. The summed E-state index contributed by atoms with van der Waals surface area (Å²) in [5.74, 6) is -0.862. The molecule has 0 bridgehead atoms. The Balaban J connectivity index is 3.92. The zero-order chi connectivity index (χ0) is 59.9. The van der Waals surface area contributed by atoms with E-state index in [1.807, 2.05) is 0 Å². The van der Waals surface area contributed by atoms with Crippen LogP contribution in [0.3, 0.4) is 0 Å². The van der Waals surface area contributed by atoms with Gasteiger partial charge in [0.2, 0.25) is 0 Å². The van der Waals surface area contributed by atoms with E-state index < -0.39 is 6.10 Å². The second kappa shape index (κ2) is 71.3. The van der Waals surface area contributed by atoms with Gasteiger partial charge in [-0.15, -0.1) is 0 Å². The Morgan fingerprint density at radius 2 is 0.470 bits per heavy atom. The highest BCUT2D eigenvalue weighted by Gasteiger charge is 2.19. The summed E-state index contributed by atoms with van der Waals surface area (Å²) < 4.78 is 16.8. The molecule has 0 saturated heterocycles. The van der Waals surface area contributed by atoms with Crippen LogP contribution >= 0.6 is 0 Å². The third-order valence-electron chi connectivity index (χ3n) is 16.2. The summed E-state index contributed by atoms with van der Waals surface area (Å²) in [6.07, 6.45) is 94.3. The zero-order valence-corrected chi connectivity index (χ0v) is 55.5. The fourth-order valence-corrected chi connectivity index (χ4v) is 10.8. The average molecular weight is 1160 g/mol. The van der Waals surface area contributed by atoms with Crippen molar-refractivity contribution in [2.45, 2.75) is 386 Å². The summed E-state index contributed by atoms with van der Waals surface area (Å²) in [6.45, 7) is 6.49. The Morgan fingerprint density at radius 1 is 0.253 bits per heavy atom. The molecule has 0 aromatic heterocycles. The highest BCUT2D eigenvalue weighted by atomic mass is 16.6. The second-order valence-corrected chi connectivity index (χ2v) is 24.5. The molecule has 6 heteroatoms. The van der Waals surface area contributed by atoms with Crippen molar-refractivity contribution < 1.29 is 28.6 Å². The molecule has 0 aliphatic carbocycles. The first kappa shape index (κ1) is 79.8. The fraction of sp³-hybridized carbons (Fsp3) is 0.805. The summed E-state index contributed by atoms with van der Waals surface area (Å²) in [5, 5.41) is 0. The topological polar surface area (TPSA) is 78.9 Å². The zero-order valence-electron chi connectivity index (χ0n) is 55.5. The van der Waals surface area contributed by atoms with Crippen LogP contribution in [0, 0.1) is 0 Å². The molecule has 1 atom stereocenters. The van der Waals surface area contributed by atoms with Crippen molar-refractivity contribution >= 4 is 17.9 Å². The number of unbranched alkanes of at least 4 members (excludes halogenated alkanes) is 44. The maximum Gasteiger partial charge on any atom is 0.306 e. The first-order valence-electron chi connectivity index (χ1n) is 36.4. The van der Waals surface area contributed by atoms with Crippen LogP contribution in [0.2, 0.25) is 0 Å². The van der Waals surface area contributed by atoms with Crippen LogP contribution in [-0.4, -0.2) is 37.2 Å². The lowest BCUT2D eigenvalue weighted by molar-refractivity contribution is -0.167. The number of rotatable bonds is 67. The fourth-order valence-electron chi connectivity index (χ4n) is 10.8. The summed E-state index contributed by atoms with van der Waals surface area (Å²) in [6, 6.07) is 0. The Kier molecular flexibility index (Phi) is 68.6. The number of hydrogen-bond acceptors (Lipinski definition) is 6. The van der Waals surface area contributed by atoms with Gasteiger partial charge in [-0.05, 0) is 89.9 Å². The summed E-state index contributed by atoms with van der Waals surface area (Å²) in [7, 11) is 0. The third kappa shape index (κ3) is 69.5. The Labute approximate surface area is 516 Å². The number of esters is 3. The molecule has 0 aromatic carbocycles. The molecule has 6 nitrogen and oxygen atoms in total. The van der Waals surface area contributed by atoms with E-state index >= 15 is 0 Å². The smallest absolute Gasteiger partial charge is 0.306 e. The number of allylic oxidation sites excluding steroid dienone is 12. The van der Waals surface area contributed by atoms with Crippen LogP contribution in [0.15, 0.2) is 72.9 Å². The Bertz CT molecular complexity index is 1520. The number of carbonyl (C=O) groups excluding carboxylic acids is 3. The van der Waals surface area contributed by atoms with Crippen molar-refractivity contribution in [3.8, 4) is 0 Å². The normalized spacial score (nSPS) is 12.5. The maximum absolute atomic E-state index is 12.9. The molecule has 83 heavy (non-hydrogen) atoms. The van der Waals surface area contributed by atoms with E-state index in [2.05, 4.69) is 93.7 Å². The van der Waals surface area contributed by atoms with Crippen molar-refractivity contribution in [2.75, 3.05) is 13.2 Å². The van der Waals surface area contributed by atoms with E-state index in [1.54, 1.807) is 0 Å². The lowest BCUT2D eigenvalue weighted by Gasteiger charge is -2.18. The molecule has 0 aliphatic rings. The molecule has 0 radical (unpaired) electrons. The van der Waals surface area contributed by atoms with Crippen LogP contribution in [0.25, 0.3) is 0 Å². The lowest BCUT2D eigenvalue weighted by Crippen LogP contribution is -2.30. The molecule has 0 N–H and O–H groups in total. The Hall–Kier alpha value is -3.15. The average Bonchev–Trinajstić information content (AvgIpc) is 3.49. The molecule has 0 aromatic rings. The van der Waals surface area contributed by atoms with E-state index in [1.165, 1.54) is 244 Å². The van der Waals surface area contributed by atoms with Crippen molar-refractivity contribution in [3.05, 3.63) is 72.9 Å². The molecule has 0 fully saturated rings. The van der Waals surface area contributed by atoms with Crippen LogP contribution in [0.5, 0.6) is 0 Å². The van der Waals surface area contributed by atoms with Gasteiger partial charge in [-0.2, -0.15) is 0 Å². The quantitative estimate of drug-likeness (QED) is 0.0261. The van der Waals surface area contributed by atoms with E-state index in [4.69, 9.17) is 14.2 Å². The largest absolute Gasteiger partial charge is 0.462 e. The van der Waals surface area contributed by atoms with Crippen LogP contribution in [-0.2, 0) is 28.6 Å². The minimum absolute atomic E-state index is 0.0699. The molecule has 1 unspecified atom stereocenters. The van der Waals surface area contributed by atoms with E-state index in [0.717, 1.165) is 96.3 Å². The van der Waals surface area contributed by atoms with Crippen LogP contribution in [0.1, 0.15) is 380 Å². The molecule has 0 rings (SSSR count). The highest BCUT2D eigenvalue weighted by Crippen LogP contribution is 2.18. The molecule has 0 aliphatic heterocycles. The van der Waals surface area contributed by atoms with Crippen LogP contribution < -0.4 is 0 Å².